The minimum atomic E-state index is -1.06. The van der Waals surface area contributed by atoms with Gasteiger partial charge in [-0.25, -0.2) is 0 Å². The van der Waals surface area contributed by atoms with Crippen LogP contribution in [-0.4, -0.2) is 45.9 Å². The van der Waals surface area contributed by atoms with Crippen molar-refractivity contribution in [1.82, 2.24) is 5.32 Å². The van der Waals surface area contributed by atoms with E-state index in [0.29, 0.717) is 0 Å². The first-order chi connectivity index (χ1) is 9.35. The Bertz CT molecular complexity index is 345. The zero-order valence-corrected chi connectivity index (χ0v) is 12.0. The van der Waals surface area contributed by atoms with E-state index < -0.39 is 16.9 Å². The van der Waals surface area contributed by atoms with Crippen LogP contribution in [0.5, 0.6) is 0 Å². The molecule has 0 atom stereocenters. The highest BCUT2D eigenvalue weighted by Crippen LogP contribution is 2.42. The van der Waals surface area contributed by atoms with Crippen molar-refractivity contribution in [2.75, 3.05) is 13.2 Å². The molecule has 1 aliphatic rings. The first-order valence-electron chi connectivity index (χ1n) is 7.09. The van der Waals surface area contributed by atoms with Crippen molar-refractivity contribution in [3.63, 3.8) is 0 Å². The van der Waals surface area contributed by atoms with E-state index in [2.05, 4.69) is 5.32 Å². The number of hydrogen-bond donors (Lipinski definition) is 4. The summed E-state index contributed by atoms with van der Waals surface area (Å²) in [5, 5.41) is 30.0. The van der Waals surface area contributed by atoms with Gasteiger partial charge in [-0.05, 0) is 25.2 Å². The van der Waals surface area contributed by atoms with Crippen LogP contribution in [-0.2, 0) is 9.59 Å². The molecule has 6 heteroatoms. The fraction of sp³-hybridized carbons (Fsp3) is 0.857. The Morgan fingerprint density at radius 3 is 2.10 bits per heavy atom. The lowest BCUT2D eigenvalue weighted by Gasteiger charge is -2.37. The second kappa shape index (κ2) is 7.04. The Hall–Kier alpha value is -1.14. The topological polar surface area (TPSA) is 107 Å². The fourth-order valence-corrected chi connectivity index (χ4v) is 2.89. The van der Waals surface area contributed by atoms with Gasteiger partial charge in [0, 0.05) is 6.42 Å². The average molecular weight is 287 g/mol. The number of aliphatic hydroxyl groups excluding tert-OH is 2. The molecule has 0 spiro atoms. The van der Waals surface area contributed by atoms with E-state index in [9.17, 15) is 19.8 Å². The van der Waals surface area contributed by atoms with Gasteiger partial charge in [-0.2, -0.15) is 0 Å². The summed E-state index contributed by atoms with van der Waals surface area (Å²) in [6.07, 6.45) is 4.57. The van der Waals surface area contributed by atoms with Crippen LogP contribution in [0.4, 0.5) is 0 Å². The SMILES string of the molecule is CC(CO)(CO)NC(=O)CC1(CC(=O)O)CCCCC1. The van der Waals surface area contributed by atoms with Crippen LogP contribution >= 0.6 is 0 Å². The van der Waals surface area contributed by atoms with E-state index in [-0.39, 0.29) is 32.0 Å². The number of aliphatic hydroxyl groups is 2. The third kappa shape index (κ3) is 4.76. The fourth-order valence-electron chi connectivity index (χ4n) is 2.89. The van der Waals surface area contributed by atoms with E-state index in [1.807, 2.05) is 0 Å². The lowest BCUT2D eigenvalue weighted by atomic mass is 9.69. The van der Waals surface area contributed by atoms with Gasteiger partial charge in [-0.15, -0.1) is 0 Å². The zero-order valence-electron chi connectivity index (χ0n) is 12.0. The van der Waals surface area contributed by atoms with Gasteiger partial charge in [0.15, 0.2) is 0 Å². The molecule has 0 radical (unpaired) electrons. The Morgan fingerprint density at radius 2 is 1.65 bits per heavy atom. The molecule has 1 amide bonds. The second-order valence-corrected chi connectivity index (χ2v) is 6.23. The van der Waals surface area contributed by atoms with Crippen molar-refractivity contribution >= 4 is 11.9 Å². The van der Waals surface area contributed by atoms with Crippen LogP contribution in [0.1, 0.15) is 51.9 Å². The monoisotopic (exact) mass is 287 g/mol. The van der Waals surface area contributed by atoms with E-state index >= 15 is 0 Å². The molecule has 20 heavy (non-hydrogen) atoms. The van der Waals surface area contributed by atoms with Gasteiger partial charge >= 0.3 is 5.97 Å². The molecule has 0 bridgehead atoms. The Morgan fingerprint density at radius 1 is 1.10 bits per heavy atom. The maximum atomic E-state index is 12.1. The number of aliphatic carboxylic acids is 1. The Kier molecular flexibility index (Phi) is 5.95. The molecule has 4 N–H and O–H groups in total. The van der Waals surface area contributed by atoms with Crippen molar-refractivity contribution in [3.05, 3.63) is 0 Å². The first kappa shape index (κ1) is 16.9. The number of carbonyl (C=O) groups is 2. The van der Waals surface area contributed by atoms with Crippen molar-refractivity contribution < 1.29 is 24.9 Å². The standard InChI is InChI=1S/C14H25NO5/c1-13(9-16,10-17)15-11(18)7-14(8-12(19)20)5-3-2-4-6-14/h16-17H,2-10H2,1H3,(H,15,18)(H,19,20). The molecule has 0 aliphatic heterocycles. The maximum absolute atomic E-state index is 12.1. The van der Waals surface area contributed by atoms with Crippen LogP contribution in [0, 0.1) is 5.41 Å². The van der Waals surface area contributed by atoms with E-state index in [0.717, 1.165) is 32.1 Å². The largest absolute Gasteiger partial charge is 0.481 e. The molecule has 1 rings (SSSR count). The molecule has 0 heterocycles. The molecule has 1 aliphatic carbocycles. The minimum absolute atomic E-state index is 0.00458. The highest BCUT2D eigenvalue weighted by atomic mass is 16.4. The maximum Gasteiger partial charge on any atom is 0.303 e. The van der Waals surface area contributed by atoms with Crippen molar-refractivity contribution in [2.45, 2.75) is 57.4 Å². The number of carbonyl (C=O) groups excluding carboxylic acids is 1. The van der Waals surface area contributed by atoms with Crippen molar-refractivity contribution in [3.8, 4) is 0 Å². The minimum Gasteiger partial charge on any atom is -0.481 e. The Labute approximate surface area is 119 Å². The molecule has 6 nitrogen and oxygen atoms in total. The molecule has 116 valence electrons. The van der Waals surface area contributed by atoms with Gasteiger partial charge in [0.05, 0.1) is 25.2 Å². The summed E-state index contributed by atoms with van der Waals surface area (Å²) in [7, 11) is 0. The van der Waals surface area contributed by atoms with Crippen LogP contribution < -0.4 is 5.32 Å². The highest BCUT2D eigenvalue weighted by molar-refractivity contribution is 5.78. The number of carboxylic acids is 1. The summed E-state index contributed by atoms with van der Waals surface area (Å²) in [5.41, 5.74) is -1.55. The normalized spacial score (nSPS) is 18.6. The summed E-state index contributed by atoms with van der Waals surface area (Å²) >= 11 is 0. The molecule has 1 fully saturated rings. The van der Waals surface area contributed by atoms with E-state index in [1.165, 1.54) is 0 Å². The van der Waals surface area contributed by atoms with Crippen molar-refractivity contribution in [2.24, 2.45) is 5.41 Å². The molecule has 0 unspecified atom stereocenters. The third-order valence-corrected chi connectivity index (χ3v) is 4.12. The molecular formula is C14H25NO5. The zero-order chi connectivity index (χ0) is 15.2. The number of carboxylic acid groups (broad SMARTS) is 1. The van der Waals surface area contributed by atoms with Crippen LogP contribution in [0.15, 0.2) is 0 Å². The smallest absolute Gasteiger partial charge is 0.303 e. The van der Waals surface area contributed by atoms with Gasteiger partial charge in [-0.3, -0.25) is 9.59 Å². The first-order valence-corrected chi connectivity index (χ1v) is 7.09. The highest BCUT2D eigenvalue weighted by Gasteiger charge is 2.37. The molecule has 0 aromatic carbocycles. The summed E-state index contributed by atoms with van der Waals surface area (Å²) < 4.78 is 0. The van der Waals surface area contributed by atoms with E-state index in [1.54, 1.807) is 6.92 Å². The lowest BCUT2D eigenvalue weighted by molar-refractivity contribution is -0.141. The number of hydrogen-bond acceptors (Lipinski definition) is 4. The lowest BCUT2D eigenvalue weighted by Crippen LogP contribution is -2.52. The van der Waals surface area contributed by atoms with Gasteiger partial charge in [-0.1, -0.05) is 19.3 Å². The van der Waals surface area contributed by atoms with Gasteiger partial charge < -0.3 is 20.6 Å². The number of nitrogens with one attached hydrogen (secondary N) is 1. The quantitative estimate of drug-likeness (QED) is 0.550. The average Bonchev–Trinajstić information content (AvgIpc) is 2.38. The molecule has 0 aromatic heterocycles. The molecule has 0 saturated heterocycles. The van der Waals surface area contributed by atoms with Crippen molar-refractivity contribution in [1.29, 1.82) is 0 Å². The Balaban J connectivity index is 2.69. The number of amides is 1. The van der Waals surface area contributed by atoms with Crippen LogP contribution in [0.25, 0.3) is 0 Å². The van der Waals surface area contributed by atoms with Gasteiger partial charge in [0.1, 0.15) is 0 Å². The van der Waals surface area contributed by atoms with Gasteiger partial charge in [0.2, 0.25) is 5.91 Å². The third-order valence-electron chi connectivity index (χ3n) is 4.12. The summed E-state index contributed by atoms with van der Waals surface area (Å²) in [6, 6.07) is 0. The molecular weight excluding hydrogens is 262 g/mol. The summed E-state index contributed by atoms with van der Waals surface area (Å²) in [6.45, 7) is 0.831. The second-order valence-electron chi connectivity index (χ2n) is 6.23. The number of rotatable bonds is 7. The summed E-state index contributed by atoms with van der Waals surface area (Å²) in [5.74, 6) is -1.19. The van der Waals surface area contributed by atoms with Gasteiger partial charge in [0.25, 0.3) is 0 Å². The van der Waals surface area contributed by atoms with Crippen LogP contribution in [0.2, 0.25) is 0 Å². The molecule has 0 aromatic rings. The predicted molar refractivity (Wildman–Crippen MR) is 73.1 cm³/mol. The predicted octanol–water partition coefficient (Wildman–Crippen LogP) is 0.661. The molecule has 1 saturated carbocycles. The van der Waals surface area contributed by atoms with E-state index in [4.69, 9.17) is 5.11 Å². The van der Waals surface area contributed by atoms with Crippen LogP contribution in [0.3, 0.4) is 0 Å². The summed E-state index contributed by atoms with van der Waals surface area (Å²) in [4.78, 5) is 23.1.